The van der Waals surface area contributed by atoms with Crippen LogP contribution in [0.2, 0.25) is 0 Å². The highest BCUT2D eigenvalue weighted by atomic mass is 32.1. The van der Waals surface area contributed by atoms with Gasteiger partial charge in [0.25, 0.3) is 11.8 Å². The van der Waals surface area contributed by atoms with E-state index in [1.165, 1.54) is 151 Å². The van der Waals surface area contributed by atoms with Crippen LogP contribution >= 0.6 is 22.7 Å². The number of hydrogen-bond donors (Lipinski definition) is 2. The first-order chi connectivity index (χ1) is 35.9. The molecule has 4 N–H and O–H groups in total. The lowest BCUT2D eigenvalue weighted by atomic mass is 9.80. The maximum Gasteiger partial charge on any atom is 0.261 e. The van der Waals surface area contributed by atoms with E-state index in [0.29, 0.717) is 36.1 Å². The number of nitrogens with two attached hydrogens (primary N) is 2. The Morgan fingerprint density at radius 3 is 1.33 bits per heavy atom. The van der Waals surface area contributed by atoms with Crippen molar-refractivity contribution in [1.29, 1.82) is 0 Å². The predicted molar refractivity (Wildman–Crippen MR) is 324 cm³/mol. The van der Waals surface area contributed by atoms with Gasteiger partial charge in [0.1, 0.15) is 0 Å². The second-order valence-corrected chi connectivity index (χ2v) is 26.9. The van der Waals surface area contributed by atoms with E-state index < -0.39 is 11.1 Å². The van der Waals surface area contributed by atoms with Crippen molar-refractivity contribution in [3.63, 3.8) is 0 Å². The molecule has 4 heterocycles. The van der Waals surface area contributed by atoms with Gasteiger partial charge < -0.3 is 21.3 Å². The number of carbonyl (C=O) groups excluding carboxylic acids is 2. The van der Waals surface area contributed by atoms with Crippen LogP contribution in [0.15, 0.2) is 71.8 Å². The van der Waals surface area contributed by atoms with E-state index in [9.17, 15) is 0 Å². The number of thiophene rings is 2. The first-order valence-corrected chi connectivity index (χ1v) is 31.8. The maximum atomic E-state index is 15.9. The summed E-state index contributed by atoms with van der Waals surface area (Å²) in [5, 5.41) is 0. The Hall–Kier alpha value is -3.82. The van der Waals surface area contributed by atoms with E-state index in [4.69, 9.17) is 11.5 Å². The second kappa shape index (κ2) is 26.7. The number of carbonyl (C=O) groups is 2. The zero-order chi connectivity index (χ0) is 53.9. The third-order valence-corrected chi connectivity index (χ3v) is 19.5. The molecule has 2 atom stereocenters. The van der Waals surface area contributed by atoms with E-state index in [1.807, 2.05) is 0 Å². The molecule has 0 fully saturated rings. The van der Waals surface area contributed by atoms with Crippen LogP contribution in [0.5, 0.6) is 0 Å². The summed E-state index contributed by atoms with van der Waals surface area (Å²) in [7, 11) is 0. The average molecular weight is 1060 g/mol. The van der Waals surface area contributed by atoms with E-state index >= 15 is 9.59 Å². The van der Waals surface area contributed by atoms with Crippen LogP contribution in [0.3, 0.4) is 0 Å². The highest BCUT2D eigenvalue weighted by Crippen LogP contribution is 2.53. The molecule has 0 radical (unpaired) electrons. The normalized spacial score (nSPS) is 16.2. The number of hydrogen-bond acceptors (Lipinski definition) is 6. The van der Waals surface area contributed by atoms with Gasteiger partial charge in [-0.3, -0.25) is 9.59 Å². The molecule has 0 saturated carbocycles. The van der Waals surface area contributed by atoms with Crippen molar-refractivity contribution in [3.8, 4) is 21.6 Å². The smallest absolute Gasteiger partial charge is 0.261 e. The minimum Gasteiger partial charge on any atom is -0.322 e. The second-order valence-electron chi connectivity index (χ2n) is 24.7. The lowest BCUT2D eigenvalue weighted by molar-refractivity contribution is -0.124. The molecular weight excluding hydrogens is 957 g/mol. The summed E-state index contributed by atoms with van der Waals surface area (Å²) in [6.45, 7) is 23.3. The fraction of sp³-hybridized carbons (Fsp3) is 0.612. The molecule has 2 aliphatic heterocycles. The molecule has 410 valence electrons. The molecule has 75 heavy (non-hydrogen) atoms. The molecule has 2 unspecified atom stereocenters. The molecule has 1 aliphatic carbocycles. The molecule has 2 aromatic heterocycles. The number of rotatable bonds is 33. The van der Waals surface area contributed by atoms with Crippen molar-refractivity contribution >= 4 is 45.9 Å². The molecule has 2 amide bonds. The van der Waals surface area contributed by atoms with Crippen LogP contribution in [0.4, 0.5) is 0 Å². The van der Waals surface area contributed by atoms with Crippen molar-refractivity contribution in [2.24, 2.45) is 23.3 Å². The lowest BCUT2D eigenvalue weighted by Gasteiger charge is -2.29. The highest BCUT2D eigenvalue weighted by molar-refractivity contribution is 7.16. The molecule has 4 aromatic rings. The van der Waals surface area contributed by atoms with Crippen LogP contribution < -0.4 is 11.5 Å². The van der Waals surface area contributed by atoms with Crippen molar-refractivity contribution in [3.05, 3.63) is 103 Å². The van der Waals surface area contributed by atoms with Gasteiger partial charge in [0.15, 0.2) is 0 Å². The Bertz CT molecular complexity index is 2590. The van der Waals surface area contributed by atoms with Crippen molar-refractivity contribution in [2.45, 2.75) is 240 Å². The van der Waals surface area contributed by atoms with Gasteiger partial charge in [0.2, 0.25) is 0 Å². The SMILES string of the molecule is CCCCCCCCC(CCCCCC)CN1C(=O)C2=C(c3ccc(C(C)(C)N)s3)N(CC(CCCCCC)CCCCCCCC)C(=O)C2=C1c1ccc(-c2ccc3c(c2)C(C)(C)c2cc(C(C)(C)N)ccc2-3)s1. The fourth-order valence-electron chi connectivity index (χ4n) is 12.3. The van der Waals surface area contributed by atoms with E-state index in [1.54, 1.807) is 22.7 Å². The maximum absolute atomic E-state index is 15.9. The van der Waals surface area contributed by atoms with Gasteiger partial charge in [-0.25, -0.2) is 0 Å². The number of nitrogens with zero attached hydrogens (tertiary/aromatic N) is 2. The molecule has 2 aromatic carbocycles. The van der Waals surface area contributed by atoms with Crippen molar-refractivity contribution < 1.29 is 9.59 Å². The van der Waals surface area contributed by atoms with Gasteiger partial charge in [-0.15, -0.1) is 22.7 Å². The third kappa shape index (κ3) is 14.1. The predicted octanol–water partition coefficient (Wildman–Crippen LogP) is 18.7. The van der Waals surface area contributed by atoms with Gasteiger partial charge in [-0.2, -0.15) is 0 Å². The Labute approximate surface area is 463 Å². The van der Waals surface area contributed by atoms with E-state index in [-0.39, 0.29) is 17.2 Å². The first-order valence-electron chi connectivity index (χ1n) is 30.2. The fourth-order valence-corrected chi connectivity index (χ4v) is 14.4. The number of fused-ring (bicyclic) bond motifs is 4. The zero-order valence-corrected chi connectivity index (χ0v) is 50.1. The largest absolute Gasteiger partial charge is 0.322 e. The summed E-state index contributed by atoms with van der Waals surface area (Å²) < 4.78 is 0. The summed E-state index contributed by atoms with van der Waals surface area (Å²) >= 11 is 3.39. The van der Waals surface area contributed by atoms with Crippen LogP contribution in [0.25, 0.3) is 33.0 Å². The van der Waals surface area contributed by atoms with Gasteiger partial charge in [0, 0.05) is 39.3 Å². The quantitative estimate of drug-likeness (QED) is 0.0465. The Morgan fingerprint density at radius 2 is 0.880 bits per heavy atom. The Kier molecular flexibility index (Phi) is 20.9. The topological polar surface area (TPSA) is 92.7 Å². The van der Waals surface area contributed by atoms with Gasteiger partial charge in [0.05, 0.1) is 32.3 Å². The van der Waals surface area contributed by atoms with Crippen molar-refractivity contribution in [2.75, 3.05) is 13.1 Å². The van der Waals surface area contributed by atoms with Gasteiger partial charge in [-0.05, 0) is 129 Å². The van der Waals surface area contributed by atoms with Gasteiger partial charge >= 0.3 is 0 Å². The molecule has 0 bridgehead atoms. The molecule has 3 aliphatic rings. The minimum atomic E-state index is -0.550. The Balaban J connectivity index is 1.32. The molecule has 0 spiro atoms. The number of unbranched alkanes of at least 4 members (excludes halogenated alkanes) is 16. The number of benzene rings is 2. The standard InChI is InChI=1S/C67H98N4O2S2/c1-11-15-19-23-25-29-33-47(31-27-21-17-13-3)45-70-61(56-40-39-55(74-56)49-35-37-51-52-38-36-50(66(7,8)68)44-54(52)65(5,6)53(51)43-49)59-60(64(70)73)62(57-41-42-58(75-57)67(9,10)69)71(63(59)72)46-48(32-28-22-18-14-4)34-30-26-24-20-16-12-2/h35-44,47-48H,11-34,45-46,68-69H2,1-10H3. The average Bonchev–Trinajstić information content (AvgIpc) is 4.21. The summed E-state index contributed by atoms with van der Waals surface area (Å²) in [6.07, 6.45) is 29.1. The minimum absolute atomic E-state index is 0.00301. The van der Waals surface area contributed by atoms with Gasteiger partial charge in [-0.1, -0.05) is 200 Å². The molecule has 7 rings (SSSR count). The summed E-state index contributed by atoms with van der Waals surface area (Å²) in [4.78, 5) is 40.2. The monoisotopic (exact) mass is 1050 g/mol. The molecule has 8 heteroatoms. The first kappa shape index (κ1) is 58.9. The highest BCUT2D eigenvalue weighted by Gasteiger charge is 2.50. The molecular formula is C67H98N4O2S2. The van der Waals surface area contributed by atoms with Crippen LogP contribution in [-0.2, 0) is 26.1 Å². The Morgan fingerprint density at radius 1 is 0.480 bits per heavy atom. The third-order valence-electron chi connectivity index (χ3n) is 16.9. The van der Waals surface area contributed by atoms with Crippen LogP contribution in [0.1, 0.15) is 255 Å². The summed E-state index contributed by atoms with van der Waals surface area (Å²) in [5.41, 5.74) is 22.6. The van der Waals surface area contributed by atoms with E-state index in [2.05, 4.69) is 140 Å². The summed E-state index contributed by atoms with van der Waals surface area (Å²) in [6, 6.07) is 22.5. The van der Waals surface area contributed by atoms with Crippen LogP contribution in [0, 0.1) is 11.8 Å². The number of amides is 2. The zero-order valence-electron chi connectivity index (χ0n) is 48.5. The van der Waals surface area contributed by atoms with Crippen LogP contribution in [-0.4, -0.2) is 34.7 Å². The summed E-state index contributed by atoms with van der Waals surface area (Å²) in [5.74, 6) is 0.700. The lowest BCUT2D eigenvalue weighted by Crippen LogP contribution is -2.34. The molecule has 6 nitrogen and oxygen atoms in total. The molecule has 0 saturated heterocycles. The van der Waals surface area contributed by atoms with Crippen molar-refractivity contribution in [1.82, 2.24) is 9.80 Å². The van der Waals surface area contributed by atoms with E-state index in [0.717, 1.165) is 67.7 Å².